The van der Waals surface area contributed by atoms with Gasteiger partial charge in [0.05, 0.1) is 13.2 Å². The number of carbonyl (C=O) groups excluding carboxylic acids is 1. The van der Waals surface area contributed by atoms with E-state index in [9.17, 15) is 13.2 Å². The first-order chi connectivity index (χ1) is 16.3. The van der Waals surface area contributed by atoms with E-state index < -0.39 is 16.1 Å². The zero-order valence-corrected chi connectivity index (χ0v) is 24.3. The predicted octanol–water partition coefficient (Wildman–Crippen LogP) is 3.89. The molecular weight excluding hydrogens is 636 g/mol. The summed E-state index contributed by atoms with van der Waals surface area (Å²) in [6.45, 7) is 7.59. The normalized spacial score (nSPS) is 17.6. The van der Waals surface area contributed by atoms with Crippen molar-refractivity contribution in [3.63, 3.8) is 0 Å². The number of benzene rings is 2. The van der Waals surface area contributed by atoms with E-state index >= 15 is 0 Å². The fourth-order valence-corrected chi connectivity index (χ4v) is 5.73. The second-order valence-corrected chi connectivity index (χ2v) is 11.2. The van der Waals surface area contributed by atoms with Gasteiger partial charge in [0.25, 0.3) is 0 Å². The summed E-state index contributed by atoms with van der Waals surface area (Å²) in [4.78, 5) is 12.9. The zero-order valence-electron chi connectivity index (χ0n) is 20.6. The van der Waals surface area contributed by atoms with Gasteiger partial charge < -0.3 is 14.8 Å². The second kappa shape index (κ2) is 14.1. The van der Waals surface area contributed by atoms with Crippen molar-refractivity contribution in [1.29, 1.82) is 0 Å². The number of sulfonamides is 1. The van der Waals surface area contributed by atoms with Crippen LogP contribution in [0.25, 0.3) is 0 Å². The summed E-state index contributed by atoms with van der Waals surface area (Å²) < 4.78 is 39.2. The van der Waals surface area contributed by atoms with E-state index in [0.717, 1.165) is 5.56 Å². The molecule has 1 fully saturated rings. The van der Waals surface area contributed by atoms with Gasteiger partial charge in [-0.3, -0.25) is 0 Å². The van der Waals surface area contributed by atoms with Crippen LogP contribution >= 0.6 is 0 Å². The Morgan fingerprint density at radius 3 is 2.43 bits per heavy atom. The maximum absolute atomic E-state index is 13.4. The number of ether oxygens (including phenoxy) is 2. The van der Waals surface area contributed by atoms with Gasteiger partial charge in [0.1, 0.15) is 6.10 Å². The molecule has 0 bridgehead atoms. The topological polar surface area (TPSA) is 84.9 Å². The van der Waals surface area contributed by atoms with Crippen LogP contribution in [0, 0.1) is 17.9 Å². The summed E-state index contributed by atoms with van der Waals surface area (Å²) in [5.41, 5.74) is 1.06. The minimum absolute atomic E-state index is 0. The van der Waals surface area contributed by atoms with Gasteiger partial charge in [0, 0.05) is 46.6 Å². The monoisotopic (exact) mass is 671 g/mol. The number of rotatable bonds is 11. The van der Waals surface area contributed by atoms with Crippen LogP contribution in [-0.4, -0.2) is 57.3 Å². The van der Waals surface area contributed by atoms with Crippen molar-refractivity contribution in [2.24, 2.45) is 11.8 Å². The molecule has 1 heterocycles. The Hall–Kier alpha value is -1.73. The fraction of sp³-hybridized carbons (Fsp3) is 0.500. The molecule has 0 aromatic heterocycles. The molecule has 1 aliphatic rings. The van der Waals surface area contributed by atoms with Crippen LogP contribution in [-0.2, 0) is 47.0 Å². The smallest absolute Gasteiger partial charge is 0.407 e. The number of hydrogen-bond donors (Lipinski definition) is 1. The standard InChI is InChI=1S/C26H35N2O5S.W/c1-20(2)17-28(34(30,31)24-12-8-5-9-13-24)18-21(3)25(16-22-10-6-4-7-11-22)27-26(29)33-23-14-15-32-19-23;/h4,6-13,20-21,23,25H,14-19H2,1-3H3,(H,27,29);/q-1;/t21-,23+,25+;/m1./s1. The van der Waals surface area contributed by atoms with Crippen molar-refractivity contribution >= 4 is 16.1 Å². The fourth-order valence-electron chi connectivity index (χ4n) is 4.02. The van der Waals surface area contributed by atoms with Crippen LogP contribution in [0.15, 0.2) is 59.5 Å². The third kappa shape index (κ3) is 9.01. The number of alkyl carbamates (subject to hydrolysis) is 1. The summed E-state index contributed by atoms with van der Waals surface area (Å²) in [6.07, 6.45) is 0.496. The van der Waals surface area contributed by atoms with Crippen molar-refractivity contribution in [2.45, 2.75) is 50.7 Å². The number of amides is 1. The molecule has 0 aliphatic carbocycles. The van der Waals surface area contributed by atoms with Crippen molar-refractivity contribution in [1.82, 2.24) is 9.62 Å². The first-order valence-electron chi connectivity index (χ1n) is 11.8. The molecule has 3 atom stereocenters. The summed E-state index contributed by atoms with van der Waals surface area (Å²) in [7, 11) is -3.69. The van der Waals surface area contributed by atoms with Crippen LogP contribution in [0.5, 0.6) is 0 Å². The molecule has 0 spiro atoms. The molecule has 3 rings (SSSR count). The van der Waals surface area contributed by atoms with Crippen LogP contribution in [0.4, 0.5) is 4.79 Å². The first kappa shape index (κ1) is 29.5. The maximum atomic E-state index is 13.4. The average Bonchev–Trinajstić information content (AvgIpc) is 3.32. The van der Waals surface area contributed by atoms with E-state index in [2.05, 4.69) is 11.4 Å². The van der Waals surface area contributed by atoms with Gasteiger partial charge in [0.2, 0.25) is 10.0 Å². The van der Waals surface area contributed by atoms with E-state index in [1.165, 1.54) is 4.31 Å². The molecule has 0 unspecified atom stereocenters. The average molecular weight is 671 g/mol. The van der Waals surface area contributed by atoms with Gasteiger partial charge in [-0.15, -0.1) is 0 Å². The molecule has 1 N–H and O–H groups in total. The molecule has 0 radical (unpaired) electrons. The van der Waals surface area contributed by atoms with Crippen molar-refractivity contribution in [3.8, 4) is 0 Å². The number of nitrogens with zero attached hydrogens (tertiary/aromatic N) is 1. The summed E-state index contributed by atoms with van der Waals surface area (Å²) in [5, 5.41) is 3.00. The molecule has 1 saturated heterocycles. The molecule has 9 heteroatoms. The second-order valence-electron chi connectivity index (χ2n) is 9.26. The molecule has 2 aromatic carbocycles. The number of hydrogen-bond acceptors (Lipinski definition) is 5. The number of carbonyl (C=O) groups is 1. The van der Waals surface area contributed by atoms with Crippen LogP contribution in [0.3, 0.4) is 0 Å². The van der Waals surface area contributed by atoms with Crippen molar-refractivity contribution in [3.05, 3.63) is 66.2 Å². The van der Waals surface area contributed by atoms with Gasteiger partial charge in [-0.1, -0.05) is 51.1 Å². The quantitative estimate of drug-likeness (QED) is 0.367. The maximum Gasteiger partial charge on any atom is 0.407 e. The molecule has 35 heavy (non-hydrogen) atoms. The molecular formula is C26H35N2O5SW-. The largest absolute Gasteiger partial charge is 0.444 e. The summed E-state index contributed by atoms with van der Waals surface area (Å²) in [5.74, 6) is -0.0264. The Labute approximate surface area is 223 Å². The first-order valence-corrected chi connectivity index (χ1v) is 13.2. The summed E-state index contributed by atoms with van der Waals surface area (Å²) in [6, 6.07) is 18.7. The molecule has 2 aromatic rings. The Kier molecular flexibility index (Phi) is 11.9. The van der Waals surface area contributed by atoms with E-state index in [-0.39, 0.29) is 56.5 Å². The van der Waals surface area contributed by atoms with Gasteiger partial charge in [-0.2, -0.15) is 34.6 Å². The van der Waals surface area contributed by atoms with E-state index in [1.807, 2.05) is 51.1 Å². The minimum Gasteiger partial charge on any atom is -0.444 e. The molecule has 7 nitrogen and oxygen atoms in total. The van der Waals surface area contributed by atoms with E-state index in [0.29, 0.717) is 32.6 Å². The van der Waals surface area contributed by atoms with E-state index in [4.69, 9.17) is 9.47 Å². The van der Waals surface area contributed by atoms with Gasteiger partial charge in [-0.25, -0.2) is 13.2 Å². The van der Waals surface area contributed by atoms with Crippen LogP contribution in [0.2, 0.25) is 0 Å². The SMILES string of the molecule is CC(C)CN(C[C@@H](C)[C@H](Cc1ccccc1)NC(=O)O[C@H]1CCOC1)S(=O)(=O)c1cc[c-]cc1.[W]. The minimum atomic E-state index is -3.69. The molecule has 0 saturated carbocycles. The predicted molar refractivity (Wildman–Crippen MR) is 131 cm³/mol. The molecule has 1 amide bonds. The molecule has 1 aliphatic heterocycles. The molecule has 192 valence electrons. The Balaban J connectivity index is 0.00000432. The third-order valence-electron chi connectivity index (χ3n) is 5.84. The Bertz CT molecular complexity index is 999. The van der Waals surface area contributed by atoms with Crippen LogP contribution < -0.4 is 5.32 Å². The van der Waals surface area contributed by atoms with Gasteiger partial charge >= 0.3 is 6.09 Å². The number of nitrogens with one attached hydrogen (secondary N) is 1. The van der Waals surface area contributed by atoms with E-state index in [1.54, 1.807) is 24.3 Å². The van der Waals surface area contributed by atoms with Crippen molar-refractivity contribution < 1.29 is 43.8 Å². The Morgan fingerprint density at radius 1 is 1.14 bits per heavy atom. The van der Waals surface area contributed by atoms with Gasteiger partial charge in [0.15, 0.2) is 0 Å². The van der Waals surface area contributed by atoms with Crippen molar-refractivity contribution in [2.75, 3.05) is 26.3 Å². The summed E-state index contributed by atoms with van der Waals surface area (Å²) >= 11 is 0. The van der Waals surface area contributed by atoms with Crippen LogP contribution in [0.1, 0.15) is 32.8 Å². The zero-order chi connectivity index (χ0) is 24.6. The third-order valence-corrected chi connectivity index (χ3v) is 7.68. The van der Waals surface area contributed by atoms with Gasteiger partial charge in [-0.05, 0) is 28.7 Å². The Morgan fingerprint density at radius 2 is 1.83 bits per heavy atom.